The van der Waals surface area contributed by atoms with Crippen LogP contribution in [0.3, 0.4) is 0 Å². The Morgan fingerprint density at radius 3 is 3.00 bits per heavy atom. The normalized spacial score (nSPS) is 10.6. The molecule has 0 N–H and O–H groups in total. The van der Waals surface area contributed by atoms with Crippen molar-refractivity contribution in [3.63, 3.8) is 0 Å². The lowest BCUT2D eigenvalue weighted by Gasteiger charge is -1.99. The van der Waals surface area contributed by atoms with Gasteiger partial charge in [0.1, 0.15) is 5.82 Å². The summed E-state index contributed by atoms with van der Waals surface area (Å²) in [4.78, 5) is 11.0. The van der Waals surface area contributed by atoms with Gasteiger partial charge in [0.15, 0.2) is 0 Å². The van der Waals surface area contributed by atoms with Gasteiger partial charge in [0.25, 0.3) is 0 Å². The van der Waals surface area contributed by atoms with E-state index >= 15 is 0 Å². The van der Waals surface area contributed by atoms with E-state index < -0.39 is 11.8 Å². The standard InChI is InChI=1S/C11H10ClFO2/c1-2-15-10(14)7-6-8-4-3-5-9(13)11(8)12/h3-7H,2H2,1H3. The van der Waals surface area contributed by atoms with E-state index in [-0.39, 0.29) is 5.02 Å². The molecule has 0 aliphatic rings. The number of carbonyl (C=O) groups is 1. The number of rotatable bonds is 3. The van der Waals surface area contributed by atoms with E-state index in [9.17, 15) is 9.18 Å². The first-order valence-corrected chi connectivity index (χ1v) is 4.81. The summed E-state index contributed by atoms with van der Waals surface area (Å²) in [5.41, 5.74) is 0.449. The van der Waals surface area contributed by atoms with Crippen molar-refractivity contribution >= 4 is 23.6 Å². The van der Waals surface area contributed by atoms with Gasteiger partial charge in [-0.05, 0) is 24.6 Å². The highest BCUT2D eigenvalue weighted by Gasteiger charge is 2.03. The van der Waals surface area contributed by atoms with Crippen molar-refractivity contribution in [1.82, 2.24) is 0 Å². The van der Waals surface area contributed by atoms with Crippen LogP contribution in [0.25, 0.3) is 6.08 Å². The minimum absolute atomic E-state index is 0.00181. The van der Waals surface area contributed by atoms with E-state index in [1.54, 1.807) is 13.0 Å². The van der Waals surface area contributed by atoms with Crippen LogP contribution >= 0.6 is 11.6 Å². The van der Waals surface area contributed by atoms with E-state index in [1.165, 1.54) is 24.3 Å². The molecule has 0 saturated carbocycles. The quantitative estimate of drug-likeness (QED) is 0.587. The fraction of sp³-hybridized carbons (Fsp3) is 0.182. The molecule has 1 aromatic carbocycles. The second-order valence-electron chi connectivity index (χ2n) is 2.73. The Balaban J connectivity index is 2.81. The summed E-state index contributed by atoms with van der Waals surface area (Å²) in [6, 6.07) is 4.39. The third kappa shape index (κ3) is 3.36. The van der Waals surface area contributed by atoms with Crippen molar-refractivity contribution in [3.8, 4) is 0 Å². The summed E-state index contributed by atoms with van der Waals surface area (Å²) in [5, 5.41) is -0.00181. The average molecular weight is 229 g/mol. The number of hydrogen-bond donors (Lipinski definition) is 0. The van der Waals surface area contributed by atoms with Crippen molar-refractivity contribution < 1.29 is 13.9 Å². The maximum absolute atomic E-state index is 13.0. The van der Waals surface area contributed by atoms with Crippen LogP contribution in [0.4, 0.5) is 4.39 Å². The molecule has 0 bridgehead atoms. The molecule has 1 aromatic rings. The van der Waals surface area contributed by atoms with E-state index in [1.807, 2.05) is 0 Å². The number of esters is 1. The lowest BCUT2D eigenvalue weighted by Crippen LogP contribution is -1.98. The van der Waals surface area contributed by atoms with Crippen molar-refractivity contribution in [2.75, 3.05) is 6.61 Å². The first-order valence-electron chi connectivity index (χ1n) is 4.44. The molecule has 0 aliphatic heterocycles. The first-order chi connectivity index (χ1) is 7.15. The van der Waals surface area contributed by atoms with Crippen LogP contribution in [0.2, 0.25) is 5.02 Å². The van der Waals surface area contributed by atoms with Gasteiger partial charge in [0.05, 0.1) is 11.6 Å². The van der Waals surface area contributed by atoms with Crippen LogP contribution in [0, 0.1) is 5.82 Å². The van der Waals surface area contributed by atoms with Gasteiger partial charge < -0.3 is 4.74 Å². The number of ether oxygens (including phenoxy) is 1. The Labute approximate surface area is 92.3 Å². The van der Waals surface area contributed by atoms with Gasteiger partial charge in [-0.15, -0.1) is 0 Å². The fourth-order valence-electron chi connectivity index (χ4n) is 0.997. The highest BCUT2D eigenvalue weighted by Crippen LogP contribution is 2.20. The molecule has 0 amide bonds. The molecule has 80 valence electrons. The summed E-state index contributed by atoms with van der Waals surface area (Å²) >= 11 is 5.68. The predicted molar refractivity (Wildman–Crippen MR) is 57.1 cm³/mol. The molecule has 0 atom stereocenters. The summed E-state index contributed by atoms with van der Waals surface area (Å²) in [5.74, 6) is -0.986. The van der Waals surface area contributed by atoms with E-state index in [2.05, 4.69) is 4.74 Å². The number of halogens is 2. The van der Waals surface area contributed by atoms with E-state index in [0.717, 1.165) is 0 Å². The second kappa shape index (κ2) is 5.51. The third-order valence-electron chi connectivity index (χ3n) is 1.67. The molecule has 0 unspecified atom stereocenters. The van der Waals surface area contributed by atoms with Gasteiger partial charge in [0.2, 0.25) is 0 Å². The zero-order valence-electron chi connectivity index (χ0n) is 8.17. The largest absolute Gasteiger partial charge is 0.463 e. The molecule has 0 radical (unpaired) electrons. The molecule has 0 heterocycles. The molecule has 15 heavy (non-hydrogen) atoms. The highest BCUT2D eigenvalue weighted by molar-refractivity contribution is 6.32. The second-order valence-corrected chi connectivity index (χ2v) is 3.11. The minimum Gasteiger partial charge on any atom is -0.463 e. The minimum atomic E-state index is -0.511. The van der Waals surface area contributed by atoms with Crippen LogP contribution in [-0.4, -0.2) is 12.6 Å². The molecule has 0 spiro atoms. The average Bonchev–Trinajstić information content (AvgIpc) is 2.21. The summed E-state index contributed by atoms with van der Waals surface area (Å²) in [6.45, 7) is 2.01. The van der Waals surface area contributed by atoms with Crippen LogP contribution in [0.15, 0.2) is 24.3 Å². The smallest absolute Gasteiger partial charge is 0.330 e. The number of carbonyl (C=O) groups excluding carboxylic acids is 1. The maximum Gasteiger partial charge on any atom is 0.330 e. The molecule has 1 rings (SSSR count). The van der Waals surface area contributed by atoms with Crippen LogP contribution in [-0.2, 0) is 9.53 Å². The molecule has 0 saturated heterocycles. The van der Waals surface area contributed by atoms with Crippen molar-refractivity contribution in [1.29, 1.82) is 0 Å². The van der Waals surface area contributed by atoms with E-state index in [0.29, 0.717) is 12.2 Å². The van der Waals surface area contributed by atoms with Crippen LogP contribution < -0.4 is 0 Å². The molecular weight excluding hydrogens is 219 g/mol. The Morgan fingerprint density at radius 1 is 1.60 bits per heavy atom. The fourth-order valence-corrected chi connectivity index (χ4v) is 1.19. The van der Waals surface area contributed by atoms with Gasteiger partial charge in [-0.3, -0.25) is 0 Å². The molecule has 0 aromatic heterocycles. The molecule has 0 aliphatic carbocycles. The number of benzene rings is 1. The van der Waals surface area contributed by atoms with Gasteiger partial charge in [0, 0.05) is 6.08 Å². The first kappa shape index (κ1) is 11.7. The third-order valence-corrected chi connectivity index (χ3v) is 2.07. The Kier molecular flexibility index (Phi) is 4.31. The van der Waals surface area contributed by atoms with Gasteiger partial charge in [-0.2, -0.15) is 0 Å². The summed E-state index contributed by atoms with van der Waals surface area (Å²) in [6.07, 6.45) is 2.63. The Bertz CT molecular complexity index is 388. The summed E-state index contributed by atoms with van der Waals surface area (Å²) < 4.78 is 17.6. The molecule has 0 fully saturated rings. The number of hydrogen-bond acceptors (Lipinski definition) is 2. The van der Waals surface area contributed by atoms with Gasteiger partial charge in [-0.25, -0.2) is 9.18 Å². The monoisotopic (exact) mass is 228 g/mol. The predicted octanol–water partition coefficient (Wildman–Crippen LogP) is 3.06. The summed E-state index contributed by atoms with van der Waals surface area (Å²) in [7, 11) is 0. The zero-order valence-corrected chi connectivity index (χ0v) is 8.92. The zero-order chi connectivity index (χ0) is 11.3. The van der Waals surface area contributed by atoms with E-state index in [4.69, 9.17) is 11.6 Å². The van der Waals surface area contributed by atoms with Crippen molar-refractivity contribution in [2.45, 2.75) is 6.92 Å². The van der Waals surface area contributed by atoms with Crippen molar-refractivity contribution in [2.24, 2.45) is 0 Å². The molecule has 4 heteroatoms. The van der Waals surface area contributed by atoms with Gasteiger partial charge >= 0.3 is 5.97 Å². The Hall–Kier alpha value is -1.35. The molecule has 2 nitrogen and oxygen atoms in total. The van der Waals surface area contributed by atoms with Crippen molar-refractivity contribution in [3.05, 3.63) is 40.7 Å². The lowest BCUT2D eigenvalue weighted by molar-refractivity contribution is -0.137. The van der Waals surface area contributed by atoms with Crippen LogP contribution in [0.5, 0.6) is 0 Å². The van der Waals surface area contributed by atoms with Crippen LogP contribution in [0.1, 0.15) is 12.5 Å². The lowest BCUT2D eigenvalue weighted by atomic mass is 10.2. The highest BCUT2D eigenvalue weighted by atomic mass is 35.5. The molecular formula is C11H10ClFO2. The Morgan fingerprint density at radius 2 is 2.33 bits per heavy atom. The maximum atomic E-state index is 13.0. The van der Waals surface area contributed by atoms with Gasteiger partial charge in [-0.1, -0.05) is 23.7 Å². The topological polar surface area (TPSA) is 26.3 Å². The SMILES string of the molecule is CCOC(=O)C=Cc1cccc(F)c1Cl.